The Kier molecular flexibility index (Phi) is 3.42. The summed E-state index contributed by atoms with van der Waals surface area (Å²) in [5.74, 6) is 1.88. The third-order valence-electron chi connectivity index (χ3n) is 1.99. The molecule has 0 saturated carbocycles. The van der Waals surface area contributed by atoms with Crippen LogP contribution in [0.25, 0.3) is 0 Å². The van der Waals surface area contributed by atoms with E-state index in [1.807, 2.05) is 36.3 Å². The van der Waals surface area contributed by atoms with E-state index >= 15 is 0 Å². The SMILES string of the molecule is CNCc1ccc(Cn2cc(I)cn2)o1. The Morgan fingerprint density at radius 3 is 2.93 bits per heavy atom. The maximum atomic E-state index is 5.61. The molecule has 0 amide bonds. The molecule has 80 valence electrons. The summed E-state index contributed by atoms with van der Waals surface area (Å²) in [4.78, 5) is 0. The first-order chi connectivity index (χ1) is 7.28. The molecule has 2 rings (SSSR count). The number of hydrogen-bond donors (Lipinski definition) is 1. The highest BCUT2D eigenvalue weighted by molar-refractivity contribution is 14.1. The van der Waals surface area contributed by atoms with Gasteiger partial charge in [0.25, 0.3) is 0 Å². The van der Waals surface area contributed by atoms with Crippen LogP contribution in [0, 0.1) is 3.57 Å². The number of nitrogens with one attached hydrogen (secondary N) is 1. The first kappa shape index (κ1) is 10.7. The smallest absolute Gasteiger partial charge is 0.125 e. The molecule has 4 nitrogen and oxygen atoms in total. The maximum Gasteiger partial charge on any atom is 0.125 e. The van der Waals surface area contributed by atoms with Gasteiger partial charge in [-0.15, -0.1) is 0 Å². The zero-order valence-electron chi connectivity index (χ0n) is 8.40. The van der Waals surface area contributed by atoms with E-state index in [4.69, 9.17) is 4.42 Å². The van der Waals surface area contributed by atoms with Crippen LogP contribution in [0.1, 0.15) is 11.5 Å². The van der Waals surface area contributed by atoms with E-state index in [1.54, 1.807) is 0 Å². The molecule has 5 heteroatoms. The fourth-order valence-electron chi connectivity index (χ4n) is 1.36. The molecule has 2 heterocycles. The molecule has 0 fully saturated rings. The van der Waals surface area contributed by atoms with Gasteiger partial charge >= 0.3 is 0 Å². The van der Waals surface area contributed by atoms with Crippen molar-refractivity contribution in [2.45, 2.75) is 13.1 Å². The van der Waals surface area contributed by atoms with Gasteiger partial charge in [-0.3, -0.25) is 4.68 Å². The largest absolute Gasteiger partial charge is 0.463 e. The van der Waals surface area contributed by atoms with E-state index in [2.05, 4.69) is 33.0 Å². The summed E-state index contributed by atoms with van der Waals surface area (Å²) in [6.07, 6.45) is 3.82. The Balaban J connectivity index is 2.04. The predicted octanol–water partition coefficient (Wildman–Crippen LogP) is 1.85. The Morgan fingerprint density at radius 2 is 2.27 bits per heavy atom. The molecule has 0 aliphatic heterocycles. The van der Waals surface area contributed by atoms with Crippen LogP contribution < -0.4 is 5.32 Å². The van der Waals surface area contributed by atoms with Crippen molar-refractivity contribution in [3.63, 3.8) is 0 Å². The van der Waals surface area contributed by atoms with Crippen molar-refractivity contribution in [3.05, 3.63) is 39.6 Å². The molecule has 15 heavy (non-hydrogen) atoms. The summed E-state index contributed by atoms with van der Waals surface area (Å²) >= 11 is 2.24. The van der Waals surface area contributed by atoms with Crippen molar-refractivity contribution in [1.82, 2.24) is 15.1 Å². The van der Waals surface area contributed by atoms with Gasteiger partial charge in [0.2, 0.25) is 0 Å². The summed E-state index contributed by atoms with van der Waals surface area (Å²) in [6.45, 7) is 1.45. The molecular formula is C10H12IN3O. The summed E-state index contributed by atoms with van der Waals surface area (Å²) in [5, 5.41) is 7.25. The van der Waals surface area contributed by atoms with Crippen LogP contribution in [0.3, 0.4) is 0 Å². The standard InChI is InChI=1S/C10H12IN3O/c1-12-5-9-2-3-10(15-9)7-14-6-8(11)4-13-14/h2-4,6,12H,5,7H2,1H3. The molecule has 0 aliphatic carbocycles. The summed E-state index contributed by atoms with van der Waals surface area (Å²) in [6, 6.07) is 3.97. The van der Waals surface area contributed by atoms with Gasteiger partial charge in [0.15, 0.2) is 0 Å². The number of furan rings is 1. The molecule has 0 bridgehead atoms. The second-order valence-corrected chi connectivity index (χ2v) is 4.50. The molecule has 0 aliphatic rings. The maximum absolute atomic E-state index is 5.61. The lowest BCUT2D eigenvalue weighted by molar-refractivity contribution is 0.436. The molecule has 0 atom stereocenters. The van der Waals surface area contributed by atoms with E-state index in [1.165, 1.54) is 0 Å². The highest BCUT2D eigenvalue weighted by atomic mass is 127. The number of nitrogens with zero attached hydrogens (tertiary/aromatic N) is 2. The molecule has 2 aromatic heterocycles. The van der Waals surface area contributed by atoms with E-state index < -0.39 is 0 Å². The van der Waals surface area contributed by atoms with Gasteiger partial charge in [-0.1, -0.05) is 0 Å². The molecule has 1 N–H and O–H groups in total. The summed E-state index contributed by atoms with van der Waals surface area (Å²) in [5.41, 5.74) is 0. The fraction of sp³-hybridized carbons (Fsp3) is 0.300. The van der Waals surface area contributed by atoms with Crippen LogP contribution >= 0.6 is 22.6 Å². The topological polar surface area (TPSA) is 43.0 Å². The van der Waals surface area contributed by atoms with Gasteiger partial charge in [0, 0.05) is 6.20 Å². The van der Waals surface area contributed by atoms with Crippen LogP contribution in [-0.2, 0) is 13.1 Å². The lowest BCUT2D eigenvalue weighted by Crippen LogP contribution is -2.03. The van der Waals surface area contributed by atoms with Crippen molar-refractivity contribution < 1.29 is 4.42 Å². The van der Waals surface area contributed by atoms with Crippen molar-refractivity contribution in [3.8, 4) is 0 Å². The molecule has 0 radical (unpaired) electrons. The van der Waals surface area contributed by atoms with E-state index in [0.717, 1.165) is 21.6 Å². The van der Waals surface area contributed by atoms with Gasteiger partial charge in [0.1, 0.15) is 11.5 Å². The summed E-state index contributed by atoms with van der Waals surface area (Å²) < 4.78 is 8.61. The average molecular weight is 317 g/mol. The quantitative estimate of drug-likeness (QED) is 0.875. The first-order valence-electron chi connectivity index (χ1n) is 4.68. The molecule has 0 aromatic carbocycles. The van der Waals surface area contributed by atoms with Crippen LogP contribution in [0.5, 0.6) is 0 Å². The normalized spacial score (nSPS) is 10.8. The molecule has 0 unspecified atom stereocenters. The summed E-state index contributed by atoms with van der Waals surface area (Å²) in [7, 11) is 1.90. The monoisotopic (exact) mass is 317 g/mol. The predicted molar refractivity (Wildman–Crippen MR) is 65.5 cm³/mol. The lowest BCUT2D eigenvalue weighted by Gasteiger charge is -1.97. The van der Waals surface area contributed by atoms with Crippen molar-refractivity contribution in [2.75, 3.05) is 7.05 Å². The highest BCUT2D eigenvalue weighted by Crippen LogP contribution is 2.10. The van der Waals surface area contributed by atoms with Gasteiger partial charge < -0.3 is 9.73 Å². The van der Waals surface area contributed by atoms with Crippen molar-refractivity contribution in [1.29, 1.82) is 0 Å². The lowest BCUT2D eigenvalue weighted by atomic mass is 10.4. The van der Waals surface area contributed by atoms with Crippen LogP contribution in [0.4, 0.5) is 0 Å². The zero-order chi connectivity index (χ0) is 10.7. The highest BCUT2D eigenvalue weighted by Gasteiger charge is 2.03. The number of halogens is 1. The van der Waals surface area contributed by atoms with E-state index in [9.17, 15) is 0 Å². The Morgan fingerprint density at radius 1 is 1.47 bits per heavy atom. The average Bonchev–Trinajstić information content (AvgIpc) is 2.78. The first-order valence-corrected chi connectivity index (χ1v) is 5.76. The number of aromatic nitrogens is 2. The third kappa shape index (κ3) is 2.82. The second-order valence-electron chi connectivity index (χ2n) is 3.25. The van der Waals surface area contributed by atoms with Crippen LogP contribution in [0.2, 0.25) is 0 Å². The Bertz CT molecular complexity index is 435. The van der Waals surface area contributed by atoms with Gasteiger partial charge in [-0.25, -0.2) is 0 Å². The van der Waals surface area contributed by atoms with Gasteiger partial charge in [-0.05, 0) is 41.8 Å². The minimum Gasteiger partial charge on any atom is -0.463 e. The Labute approximate surface area is 102 Å². The zero-order valence-corrected chi connectivity index (χ0v) is 10.6. The molecule has 2 aromatic rings. The number of hydrogen-bond acceptors (Lipinski definition) is 3. The van der Waals surface area contributed by atoms with Crippen LogP contribution in [0.15, 0.2) is 28.9 Å². The second kappa shape index (κ2) is 4.80. The van der Waals surface area contributed by atoms with Crippen LogP contribution in [-0.4, -0.2) is 16.8 Å². The van der Waals surface area contributed by atoms with E-state index in [-0.39, 0.29) is 0 Å². The third-order valence-corrected chi connectivity index (χ3v) is 2.54. The van der Waals surface area contributed by atoms with Crippen molar-refractivity contribution >= 4 is 22.6 Å². The minimum atomic E-state index is 0.687. The Hall–Kier alpha value is -0.820. The molecule has 0 saturated heterocycles. The van der Waals surface area contributed by atoms with Gasteiger partial charge in [0.05, 0.1) is 22.9 Å². The number of rotatable bonds is 4. The molecular weight excluding hydrogens is 305 g/mol. The van der Waals surface area contributed by atoms with Crippen molar-refractivity contribution in [2.24, 2.45) is 0 Å². The van der Waals surface area contributed by atoms with Gasteiger partial charge in [-0.2, -0.15) is 5.10 Å². The minimum absolute atomic E-state index is 0.687. The van der Waals surface area contributed by atoms with E-state index in [0.29, 0.717) is 6.54 Å². The molecule has 0 spiro atoms. The fourth-order valence-corrected chi connectivity index (χ4v) is 1.81.